The molecule has 0 bridgehead atoms. The molecule has 1 heterocycles. The number of benzene rings is 2. The van der Waals surface area contributed by atoms with Crippen LogP contribution in [0.2, 0.25) is 10.0 Å². The van der Waals surface area contributed by atoms with Gasteiger partial charge in [0.1, 0.15) is 17.3 Å². The maximum Gasteiger partial charge on any atom is 0.259 e. The van der Waals surface area contributed by atoms with E-state index in [1.807, 2.05) is 0 Å². The fourth-order valence-corrected chi connectivity index (χ4v) is 2.84. The highest BCUT2D eigenvalue weighted by molar-refractivity contribution is 6.35. The molecule has 6 heteroatoms. The topological polar surface area (TPSA) is 42.2 Å². The summed E-state index contributed by atoms with van der Waals surface area (Å²) >= 11 is 12.0. The zero-order valence-corrected chi connectivity index (χ0v) is 14.1. The Morgan fingerprint density at radius 1 is 1.08 bits per heavy atom. The van der Waals surface area contributed by atoms with E-state index in [2.05, 4.69) is 5.32 Å². The van der Waals surface area contributed by atoms with Gasteiger partial charge in [-0.15, -0.1) is 0 Å². The van der Waals surface area contributed by atoms with E-state index >= 15 is 0 Å². The molecule has 24 heavy (non-hydrogen) atoms. The van der Waals surface area contributed by atoms with Gasteiger partial charge in [0.2, 0.25) is 0 Å². The van der Waals surface area contributed by atoms with Crippen molar-refractivity contribution in [3.05, 3.63) is 75.7 Å². The van der Waals surface area contributed by atoms with E-state index < -0.39 is 5.82 Å². The van der Waals surface area contributed by atoms with E-state index in [0.717, 1.165) is 0 Å². The molecular formula is C18H12Cl2FNO2. The van der Waals surface area contributed by atoms with Crippen molar-refractivity contribution < 1.29 is 13.6 Å². The smallest absolute Gasteiger partial charge is 0.259 e. The zero-order chi connectivity index (χ0) is 17.3. The van der Waals surface area contributed by atoms with E-state index in [-0.39, 0.29) is 5.91 Å². The third kappa shape index (κ3) is 3.61. The average Bonchev–Trinajstić information content (AvgIpc) is 2.88. The first-order valence-electron chi connectivity index (χ1n) is 7.06. The van der Waals surface area contributed by atoms with Gasteiger partial charge in [0.05, 0.1) is 5.56 Å². The summed E-state index contributed by atoms with van der Waals surface area (Å²) in [6, 6.07) is 12.3. The highest BCUT2D eigenvalue weighted by atomic mass is 35.5. The Balaban J connectivity index is 1.89. The third-order valence-electron chi connectivity index (χ3n) is 3.39. The van der Waals surface area contributed by atoms with Gasteiger partial charge in [0.25, 0.3) is 5.91 Å². The number of hydrogen-bond acceptors (Lipinski definition) is 2. The molecule has 1 N–H and O–H groups in total. The van der Waals surface area contributed by atoms with E-state index in [0.29, 0.717) is 38.4 Å². The number of aryl methyl sites for hydroxylation is 1. The summed E-state index contributed by atoms with van der Waals surface area (Å²) in [4.78, 5) is 12.4. The molecular weight excluding hydrogens is 352 g/mol. The van der Waals surface area contributed by atoms with Crippen molar-refractivity contribution in [3.63, 3.8) is 0 Å². The van der Waals surface area contributed by atoms with Crippen molar-refractivity contribution in [2.24, 2.45) is 0 Å². The first-order valence-corrected chi connectivity index (χ1v) is 7.82. The van der Waals surface area contributed by atoms with Crippen LogP contribution < -0.4 is 5.32 Å². The number of furan rings is 1. The predicted octanol–water partition coefficient (Wildman–Crippen LogP) is 5.95. The van der Waals surface area contributed by atoms with Crippen molar-refractivity contribution >= 4 is 34.8 Å². The molecule has 3 rings (SSSR count). The number of carbonyl (C=O) groups excluding carboxylic acids is 1. The highest BCUT2D eigenvalue weighted by Crippen LogP contribution is 2.30. The molecule has 122 valence electrons. The number of amides is 1. The molecule has 2 aromatic carbocycles. The second-order valence-electron chi connectivity index (χ2n) is 5.20. The first-order chi connectivity index (χ1) is 11.4. The van der Waals surface area contributed by atoms with Crippen LogP contribution in [0.5, 0.6) is 0 Å². The van der Waals surface area contributed by atoms with Crippen LogP contribution in [0.3, 0.4) is 0 Å². The molecule has 0 aliphatic carbocycles. The lowest BCUT2D eigenvalue weighted by atomic mass is 10.1. The van der Waals surface area contributed by atoms with Crippen LogP contribution in [0.25, 0.3) is 11.3 Å². The van der Waals surface area contributed by atoms with Gasteiger partial charge < -0.3 is 9.73 Å². The standard InChI is InChI=1S/C18H12Cl2FNO2/c1-10-16(18(23)22-15-4-2-3-14(21)8-15)9-17(24-10)11-5-12(19)7-13(20)6-11/h2-9H,1H3,(H,22,23). The Bertz CT molecular complexity index is 901. The summed E-state index contributed by atoms with van der Waals surface area (Å²) in [6.45, 7) is 1.68. The summed E-state index contributed by atoms with van der Waals surface area (Å²) in [5.74, 6) is 0.100. The Morgan fingerprint density at radius 3 is 2.46 bits per heavy atom. The molecule has 3 nitrogen and oxygen atoms in total. The van der Waals surface area contributed by atoms with Crippen molar-refractivity contribution in [3.8, 4) is 11.3 Å². The lowest BCUT2D eigenvalue weighted by Gasteiger charge is -2.03. The molecule has 0 unspecified atom stereocenters. The molecule has 3 aromatic rings. The number of carbonyl (C=O) groups is 1. The van der Waals surface area contributed by atoms with Crippen LogP contribution in [0, 0.1) is 12.7 Å². The number of anilines is 1. The van der Waals surface area contributed by atoms with E-state index in [1.165, 1.54) is 18.2 Å². The summed E-state index contributed by atoms with van der Waals surface area (Å²) in [5, 5.41) is 3.58. The molecule has 0 saturated carbocycles. The molecule has 1 amide bonds. The largest absolute Gasteiger partial charge is 0.461 e. The Hall–Kier alpha value is -2.30. The third-order valence-corrected chi connectivity index (χ3v) is 3.83. The minimum absolute atomic E-state index is 0.352. The normalized spacial score (nSPS) is 10.7. The number of rotatable bonds is 3. The van der Waals surface area contributed by atoms with Crippen LogP contribution >= 0.6 is 23.2 Å². The van der Waals surface area contributed by atoms with Crippen molar-refractivity contribution in [2.75, 3.05) is 5.32 Å². The summed E-state index contributed by atoms with van der Waals surface area (Å²) in [7, 11) is 0. The second-order valence-corrected chi connectivity index (χ2v) is 6.08. The van der Waals surface area contributed by atoms with Crippen molar-refractivity contribution in [1.29, 1.82) is 0 Å². The van der Waals surface area contributed by atoms with Crippen LogP contribution in [0.1, 0.15) is 16.1 Å². The van der Waals surface area contributed by atoms with Crippen LogP contribution in [-0.2, 0) is 0 Å². The molecule has 0 aliphatic heterocycles. The maximum atomic E-state index is 13.2. The molecule has 0 saturated heterocycles. The Labute approximate surface area is 148 Å². The van der Waals surface area contributed by atoms with Crippen molar-refractivity contribution in [1.82, 2.24) is 0 Å². The fraction of sp³-hybridized carbons (Fsp3) is 0.0556. The molecule has 0 aliphatic rings. The van der Waals surface area contributed by atoms with Gasteiger partial charge in [-0.2, -0.15) is 0 Å². The van der Waals surface area contributed by atoms with Crippen LogP contribution in [0.15, 0.2) is 52.9 Å². The molecule has 0 radical (unpaired) electrons. The highest BCUT2D eigenvalue weighted by Gasteiger charge is 2.17. The van der Waals surface area contributed by atoms with E-state index in [1.54, 1.807) is 37.3 Å². The van der Waals surface area contributed by atoms with Gasteiger partial charge in [-0.3, -0.25) is 4.79 Å². The summed E-state index contributed by atoms with van der Waals surface area (Å²) in [6.07, 6.45) is 0. The number of halogens is 3. The molecule has 0 atom stereocenters. The SMILES string of the molecule is Cc1oc(-c2cc(Cl)cc(Cl)c2)cc1C(=O)Nc1cccc(F)c1. The predicted molar refractivity (Wildman–Crippen MR) is 93.3 cm³/mol. The van der Waals surface area contributed by atoms with Crippen molar-refractivity contribution in [2.45, 2.75) is 6.92 Å². The Morgan fingerprint density at radius 2 is 1.79 bits per heavy atom. The number of nitrogens with one attached hydrogen (secondary N) is 1. The lowest BCUT2D eigenvalue weighted by Crippen LogP contribution is -2.12. The lowest BCUT2D eigenvalue weighted by molar-refractivity contribution is 0.102. The van der Waals surface area contributed by atoms with Gasteiger partial charge in [-0.25, -0.2) is 4.39 Å². The van der Waals surface area contributed by atoms with Gasteiger partial charge in [-0.1, -0.05) is 29.3 Å². The van der Waals surface area contributed by atoms with Gasteiger partial charge in [-0.05, 0) is 49.4 Å². The van der Waals surface area contributed by atoms with Crippen LogP contribution in [0.4, 0.5) is 10.1 Å². The second kappa shape index (κ2) is 6.67. The van der Waals surface area contributed by atoms with E-state index in [9.17, 15) is 9.18 Å². The molecule has 0 fully saturated rings. The van der Waals surface area contributed by atoms with Gasteiger partial charge in [0.15, 0.2) is 0 Å². The minimum atomic E-state index is -0.425. The number of hydrogen-bond donors (Lipinski definition) is 1. The minimum Gasteiger partial charge on any atom is -0.461 e. The van der Waals surface area contributed by atoms with Gasteiger partial charge >= 0.3 is 0 Å². The molecule has 0 spiro atoms. The monoisotopic (exact) mass is 363 g/mol. The first kappa shape index (κ1) is 16.6. The molecule has 1 aromatic heterocycles. The average molecular weight is 364 g/mol. The quantitative estimate of drug-likeness (QED) is 0.624. The maximum absolute atomic E-state index is 13.2. The summed E-state index contributed by atoms with van der Waals surface area (Å²) < 4.78 is 18.8. The van der Waals surface area contributed by atoms with Gasteiger partial charge in [0, 0.05) is 21.3 Å². The zero-order valence-electron chi connectivity index (χ0n) is 12.6. The Kier molecular flexibility index (Phi) is 4.60. The van der Waals surface area contributed by atoms with Crippen LogP contribution in [-0.4, -0.2) is 5.91 Å². The van der Waals surface area contributed by atoms with E-state index in [4.69, 9.17) is 27.6 Å². The summed E-state index contributed by atoms with van der Waals surface area (Å²) in [5.41, 5.74) is 1.39. The fourth-order valence-electron chi connectivity index (χ4n) is 2.31.